The quantitative estimate of drug-likeness (QED) is 0.316. The van der Waals surface area contributed by atoms with Gasteiger partial charge in [0.05, 0.1) is 0 Å². The minimum Gasteiger partial charge on any atom is -0.396 e. The Kier molecular flexibility index (Phi) is 27.9. The Labute approximate surface area is 171 Å². The van der Waals surface area contributed by atoms with E-state index in [-0.39, 0.29) is 0 Å². The summed E-state index contributed by atoms with van der Waals surface area (Å²) in [6.07, 6.45) is 20.1. The van der Waals surface area contributed by atoms with Crippen molar-refractivity contribution < 1.29 is 15.3 Å². The predicted octanol–water partition coefficient (Wildman–Crippen LogP) is 6.48. The van der Waals surface area contributed by atoms with Crippen molar-refractivity contribution in [2.75, 3.05) is 19.8 Å². The molecule has 0 unspecified atom stereocenters. The standard InChI is InChI=1S/C9H18O.C8H18O.C7H16O/c1-2-8-3-5-9(7-10)6-4-8;1-2-3-4-5-6-7-8-9;1-2-3-4-5-6-7-8/h8-10H,2-7H2,1H3;9H,2-8H2,1H3;8H,2-7H2,1H3. The number of aliphatic hydroxyl groups is 3. The molecular weight excluding hydrogens is 336 g/mol. The fourth-order valence-corrected chi connectivity index (χ4v) is 3.43. The first kappa shape index (κ1) is 29.1. The first-order valence-corrected chi connectivity index (χ1v) is 12.0. The van der Waals surface area contributed by atoms with Crippen LogP contribution < -0.4 is 0 Å². The van der Waals surface area contributed by atoms with E-state index in [4.69, 9.17) is 15.3 Å². The van der Waals surface area contributed by atoms with Crippen molar-refractivity contribution in [1.82, 2.24) is 0 Å². The van der Waals surface area contributed by atoms with E-state index in [1.54, 1.807) is 0 Å². The summed E-state index contributed by atoms with van der Waals surface area (Å²) in [6.45, 7) is 7.82. The molecule has 0 saturated heterocycles. The van der Waals surface area contributed by atoms with Crippen molar-refractivity contribution in [2.45, 2.75) is 124 Å². The van der Waals surface area contributed by atoms with Gasteiger partial charge in [-0.1, -0.05) is 97.8 Å². The van der Waals surface area contributed by atoms with E-state index in [0.29, 0.717) is 25.7 Å². The van der Waals surface area contributed by atoms with Gasteiger partial charge in [-0.25, -0.2) is 0 Å². The first-order valence-electron chi connectivity index (χ1n) is 12.0. The van der Waals surface area contributed by atoms with Crippen molar-refractivity contribution in [3.8, 4) is 0 Å². The minimum absolute atomic E-state index is 0.365. The van der Waals surface area contributed by atoms with Gasteiger partial charge in [-0.05, 0) is 37.5 Å². The molecule has 1 saturated carbocycles. The van der Waals surface area contributed by atoms with Crippen LogP contribution in [0.5, 0.6) is 0 Å². The normalized spacial score (nSPS) is 18.9. The maximum absolute atomic E-state index is 8.85. The fraction of sp³-hybridized carbons (Fsp3) is 1.00. The van der Waals surface area contributed by atoms with Gasteiger partial charge in [0.25, 0.3) is 0 Å². The summed E-state index contributed by atoms with van der Waals surface area (Å²) >= 11 is 0. The highest BCUT2D eigenvalue weighted by Gasteiger charge is 2.18. The number of hydrogen-bond acceptors (Lipinski definition) is 3. The third kappa shape index (κ3) is 23.8. The van der Waals surface area contributed by atoms with Gasteiger partial charge in [0.15, 0.2) is 0 Å². The van der Waals surface area contributed by atoms with Crippen LogP contribution in [0, 0.1) is 11.8 Å². The third-order valence-electron chi connectivity index (χ3n) is 5.58. The van der Waals surface area contributed by atoms with E-state index >= 15 is 0 Å². The monoisotopic (exact) mass is 388 g/mol. The lowest BCUT2D eigenvalue weighted by Gasteiger charge is -2.26. The van der Waals surface area contributed by atoms with Crippen LogP contribution in [0.15, 0.2) is 0 Å². The highest BCUT2D eigenvalue weighted by molar-refractivity contribution is 4.70. The fourth-order valence-electron chi connectivity index (χ4n) is 3.43. The lowest BCUT2D eigenvalue weighted by Crippen LogP contribution is -2.16. The average molecular weight is 389 g/mol. The van der Waals surface area contributed by atoms with Crippen LogP contribution in [-0.4, -0.2) is 35.1 Å². The van der Waals surface area contributed by atoms with E-state index in [2.05, 4.69) is 20.8 Å². The zero-order valence-electron chi connectivity index (χ0n) is 18.9. The summed E-state index contributed by atoms with van der Waals surface area (Å²) < 4.78 is 0. The third-order valence-corrected chi connectivity index (χ3v) is 5.58. The zero-order chi connectivity index (χ0) is 20.6. The largest absolute Gasteiger partial charge is 0.396 e. The molecule has 0 aromatic carbocycles. The number of aliphatic hydroxyl groups excluding tert-OH is 3. The van der Waals surface area contributed by atoms with E-state index in [9.17, 15) is 0 Å². The van der Waals surface area contributed by atoms with Gasteiger partial charge in [-0.2, -0.15) is 0 Å². The second-order valence-corrected chi connectivity index (χ2v) is 8.11. The van der Waals surface area contributed by atoms with Crippen molar-refractivity contribution in [3.05, 3.63) is 0 Å². The highest BCUT2D eigenvalue weighted by atomic mass is 16.3. The molecule has 3 N–H and O–H groups in total. The minimum atomic E-state index is 0.365. The molecular formula is C24H52O3. The lowest BCUT2D eigenvalue weighted by atomic mass is 9.81. The number of rotatable bonds is 13. The maximum Gasteiger partial charge on any atom is 0.0459 e. The molecule has 0 aliphatic heterocycles. The Hall–Kier alpha value is -0.120. The van der Waals surface area contributed by atoms with Gasteiger partial charge in [0.2, 0.25) is 0 Å². The van der Waals surface area contributed by atoms with Gasteiger partial charge in [-0.3, -0.25) is 0 Å². The van der Waals surface area contributed by atoms with Crippen LogP contribution >= 0.6 is 0 Å². The first-order chi connectivity index (χ1) is 13.2. The summed E-state index contributed by atoms with van der Waals surface area (Å²) in [7, 11) is 0. The molecule has 27 heavy (non-hydrogen) atoms. The Morgan fingerprint density at radius 1 is 0.519 bits per heavy atom. The van der Waals surface area contributed by atoms with E-state index in [1.807, 2.05) is 0 Å². The van der Waals surface area contributed by atoms with Crippen LogP contribution in [-0.2, 0) is 0 Å². The van der Waals surface area contributed by atoms with Crippen molar-refractivity contribution in [1.29, 1.82) is 0 Å². The summed E-state index contributed by atoms with van der Waals surface area (Å²) in [5.74, 6) is 1.59. The molecule has 0 bridgehead atoms. The molecule has 166 valence electrons. The summed E-state index contributed by atoms with van der Waals surface area (Å²) in [5.41, 5.74) is 0. The van der Waals surface area contributed by atoms with Gasteiger partial charge in [0.1, 0.15) is 0 Å². The Morgan fingerprint density at radius 2 is 0.889 bits per heavy atom. The molecule has 1 rings (SSSR count). The molecule has 0 amide bonds. The topological polar surface area (TPSA) is 60.7 Å². The Balaban J connectivity index is 0. The molecule has 0 aromatic rings. The molecule has 0 radical (unpaired) electrons. The second-order valence-electron chi connectivity index (χ2n) is 8.11. The number of hydrogen-bond donors (Lipinski definition) is 3. The molecule has 1 aliphatic carbocycles. The maximum atomic E-state index is 8.85. The lowest BCUT2D eigenvalue weighted by molar-refractivity contribution is 0.166. The van der Waals surface area contributed by atoms with Gasteiger partial charge in [0, 0.05) is 19.8 Å². The van der Waals surface area contributed by atoms with Crippen LogP contribution in [0.1, 0.15) is 124 Å². The average Bonchev–Trinajstić information content (AvgIpc) is 2.72. The molecule has 0 spiro atoms. The van der Waals surface area contributed by atoms with Crippen LogP contribution in [0.4, 0.5) is 0 Å². The van der Waals surface area contributed by atoms with E-state index in [0.717, 1.165) is 18.8 Å². The molecule has 0 atom stereocenters. The van der Waals surface area contributed by atoms with Gasteiger partial charge < -0.3 is 15.3 Å². The molecule has 0 heterocycles. The second kappa shape index (κ2) is 25.9. The highest BCUT2D eigenvalue weighted by Crippen LogP contribution is 2.29. The van der Waals surface area contributed by atoms with Crippen LogP contribution in [0.25, 0.3) is 0 Å². The smallest absolute Gasteiger partial charge is 0.0459 e. The molecule has 0 aromatic heterocycles. The van der Waals surface area contributed by atoms with Gasteiger partial charge in [-0.15, -0.1) is 0 Å². The van der Waals surface area contributed by atoms with Crippen LogP contribution in [0.3, 0.4) is 0 Å². The predicted molar refractivity (Wildman–Crippen MR) is 119 cm³/mol. The van der Waals surface area contributed by atoms with Crippen LogP contribution in [0.2, 0.25) is 0 Å². The van der Waals surface area contributed by atoms with E-state index < -0.39 is 0 Å². The number of unbranched alkanes of at least 4 members (excludes halogenated alkanes) is 9. The Morgan fingerprint density at radius 3 is 1.22 bits per heavy atom. The molecule has 3 nitrogen and oxygen atoms in total. The molecule has 3 heteroatoms. The van der Waals surface area contributed by atoms with Crippen molar-refractivity contribution >= 4 is 0 Å². The SMILES string of the molecule is CCC1CCC(CO)CC1.CCCCCCCCO.CCCCCCCO. The molecule has 1 fully saturated rings. The summed E-state index contributed by atoms with van der Waals surface area (Å²) in [5, 5.41) is 25.6. The molecule has 1 aliphatic rings. The van der Waals surface area contributed by atoms with E-state index in [1.165, 1.54) is 89.9 Å². The Bertz CT molecular complexity index is 214. The summed E-state index contributed by atoms with van der Waals surface area (Å²) in [6, 6.07) is 0. The van der Waals surface area contributed by atoms with Crippen molar-refractivity contribution in [2.24, 2.45) is 11.8 Å². The summed E-state index contributed by atoms with van der Waals surface area (Å²) in [4.78, 5) is 0. The van der Waals surface area contributed by atoms with Gasteiger partial charge >= 0.3 is 0 Å². The van der Waals surface area contributed by atoms with Crippen molar-refractivity contribution in [3.63, 3.8) is 0 Å². The zero-order valence-corrected chi connectivity index (χ0v) is 18.9.